The van der Waals surface area contributed by atoms with Crippen LogP contribution >= 0.6 is 0 Å². The zero-order valence-electron chi connectivity index (χ0n) is 11.1. The average molecular weight is 248 g/mol. The molecule has 0 aromatic carbocycles. The summed E-state index contributed by atoms with van der Waals surface area (Å²) in [4.78, 5) is 18.3. The Bertz CT molecular complexity index is 424. The number of anilines is 1. The molecule has 1 aliphatic heterocycles. The maximum atomic E-state index is 11.5. The van der Waals surface area contributed by atoms with E-state index in [4.69, 9.17) is 4.74 Å². The quantitative estimate of drug-likeness (QED) is 0.754. The molecule has 0 unspecified atom stereocenters. The van der Waals surface area contributed by atoms with Crippen LogP contribution in [0.5, 0.6) is 0 Å². The Balaban J connectivity index is 2.19. The number of pyridine rings is 1. The summed E-state index contributed by atoms with van der Waals surface area (Å²) in [7, 11) is 1.39. The van der Waals surface area contributed by atoms with E-state index in [9.17, 15) is 4.79 Å². The summed E-state index contributed by atoms with van der Waals surface area (Å²) in [5, 5.41) is 0. The summed E-state index contributed by atoms with van der Waals surface area (Å²) in [5.41, 5.74) is 1.29. The van der Waals surface area contributed by atoms with Crippen molar-refractivity contribution in [3.63, 3.8) is 0 Å². The van der Waals surface area contributed by atoms with Crippen LogP contribution in [-0.2, 0) is 4.74 Å². The number of nitrogens with zero attached hydrogens (tertiary/aromatic N) is 2. The largest absolute Gasteiger partial charge is 0.465 e. The second-order valence-corrected chi connectivity index (χ2v) is 4.70. The van der Waals surface area contributed by atoms with Crippen LogP contribution in [0, 0.1) is 6.92 Å². The van der Waals surface area contributed by atoms with E-state index in [-0.39, 0.29) is 5.97 Å². The molecule has 1 aromatic rings. The summed E-state index contributed by atoms with van der Waals surface area (Å²) in [6.45, 7) is 3.97. The molecule has 2 rings (SSSR count). The van der Waals surface area contributed by atoms with Gasteiger partial charge in [-0.25, -0.2) is 9.78 Å². The van der Waals surface area contributed by atoms with Gasteiger partial charge in [0, 0.05) is 13.1 Å². The number of aryl methyl sites for hydroxylation is 1. The number of ether oxygens (including phenoxy) is 1. The molecule has 0 atom stereocenters. The van der Waals surface area contributed by atoms with E-state index in [2.05, 4.69) is 9.88 Å². The van der Waals surface area contributed by atoms with Crippen molar-refractivity contribution in [1.82, 2.24) is 4.98 Å². The van der Waals surface area contributed by atoms with Crippen molar-refractivity contribution in [3.8, 4) is 0 Å². The fourth-order valence-corrected chi connectivity index (χ4v) is 2.35. The molecule has 98 valence electrons. The van der Waals surface area contributed by atoms with Gasteiger partial charge < -0.3 is 9.64 Å². The molecule has 0 saturated carbocycles. The molecule has 0 spiro atoms. The summed E-state index contributed by atoms with van der Waals surface area (Å²) >= 11 is 0. The van der Waals surface area contributed by atoms with Crippen LogP contribution < -0.4 is 4.90 Å². The monoisotopic (exact) mass is 248 g/mol. The van der Waals surface area contributed by atoms with Crippen molar-refractivity contribution < 1.29 is 9.53 Å². The van der Waals surface area contributed by atoms with E-state index in [0.29, 0.717) is 5.56 Å². The van der Waals surface area contributed by atoms with Gasteiger partial charge in [0.25, 0.3) is 0 Å². The van der Waals surface area contributed by atoms with Gasteiger partial charge in [0.1, 0.15) is 5.82 Å². The highest BCUT2D eigenvalue weighted by atomic mass is 16.5. The Labute approximate surface area is 108 Å². The van der Waals surface area contributed by atoms with Crippen LogP contribution in [0.3, 0.4) is 0 Å². The van der Waals surface area contributed by atoms with Crippen molar-refractivity contribution in [3.05, 3.63) is 23.4 Å². The molecule has 0 bridgehead atoms. The lowest BCUT2D eigenvalue weighted by Crippen LogP contribution is -2.25. The molecule has 1 fully saturated rings. The molecule has 0 radical (unpaired) electrons. The number of carbonyl (C=O) groups is 1. The van der Waals surface area contributed by atoms with Gasteiger partial charge in [0.2, 0.25) is 0 Å². The van der Waals surface area contributed by atoms with Crippen LogP contribution in [0.4, 0.5) is 5.82 Å². The fraction of sp³-hybridized carbons (Fsp3) is 0.571. The van der Waals surface area contributed by atoms with Gasteiger partial charge >= 0.3 is 5.97 Å². The predicted molar refractivity (Wildman–Crippen MR) is 71.0 cm³/mol. The topological polar surface area (TPSA) is 42.4 Å². The Morgan fingerprint density at radius 2 is 1.89 bits per heavy atom. The first-order valence-corrected chi connectivity index (χ1v) is 6.53. The SMILES string of the molecule is COC(=O)c1ccc(N2CCCCCC2)nc1C. The first kappa shape index (κ1) is 12.9. The first-order chi connectivity index (χ1) is 8.72. The lowest BCUT2D eigenvalue weighted by molar-refractivity contribution is 0.0599. The summed E-state index contributed by atoms with van der Waals surface area (Å²) in [6, 6.07) is 3.74. The highest BCUT2D eigenvalue weighted by molar-refractivity contribution is 5.90. The molecule has 1 saturated heterocycles. The molecule has 18 heavy (non-hydrogen) atoms. The minimum atomic E-state index is -0.317. The molecule has 0 N–H and O–H groups in total. The summed E-state index contributed by atoms with van der Waals surface area (Å²) in [5.74, 6) is 0.657. The van der Waals surface area contributed by atoms with Crippen molar-refractivity contribution in [2.24, 2.45) is 0 Å². The van der Waals surface area contributed by atoms with E-state index < -0.39 is 0 Å². The highest BCUT2D eigenvalue weighted by Crippen LogP contribution is 2.19. The fourth-order valence-electron chi connectivity index (χ4n) is 2.35. The third kappa shape index (κ3) is 2.81. The van der Waals surface area contributed by atoms with Gasteiger partial charge in [-0.15, -0.1) is 0 Å². The first-order valence-electron chi connectivity index (χ1n) is 6.53. The lowest BCUT2D eigenvalue weighted by atomic mass is 10.2. The number of methoxy groups -OCH3 is 1. The molecule has 1 aromatic heterocycles. The number of hydrogen-bond donors (Lipinski definition) is 0. The van der Waals surface area contributed by atoms with Gasteiger partial charge in [0.15, 0.2) is 0 Å². The van der Waals surface area contributed by atoms with E-state index in [1.807, 2.05) is 19.1 Å². The Morgan fingerprint density at radius 3 is 2.44 bits per heavy atom. The van der Waals surface area contributed by atoms with Crippen LogP contribution in [0.2, 0.25) is 0 Å². The third-order valence-corrected chi connectivity index (χ3v) is 3.41. The third-order valence-electron chi connectivity index (χ3n) is 3.41. The lowest BCUT2D eigenvalue weighted by Gasteiger charge is -2.22. The molecule has 0 amide bonds. The smallest absolute Gasteiger partial charge is 0.339 e. The van der Waals surface area contributed by atoms with Crippen molar-refractivity contribution in [2.75, 3.05) is 25.1 Å². The van der Waals surface area contributed by atoms with Gasteiger partial charge in [-0.3, -0.25) is 0 Å². The van der Waals surface area contributed by atoms with Gasteiger partial charge in [-0.05, 0) is 31.9 Å². The molecule has 0 aliphatic carbocycles. The van der Waals surface area contributed by atoms with Crippen LogP contribution in [-0.4, -0.2) is 31.2 Å². The predicted octanol–water partition coefficient (Wildman–Crippen LogP) is 2.56. The van der Waals surface area contributed by atoms with Crippen molar-refractivity contribution in [2.45, 2.75) is 32.6 Å². The van der Waals surface area contributed by atoms with Gasteiger partial charge in [-0.2, -0.15) is 0 Å². The molecule has 1 aliphatic rings. The normalized spacial score (nSPS) is 16.2. The van der Waals surface area contributed by atoms with Crippen LogP contribution in [0.1, 0.15) is 41.7 Å². The minimum Gasteiger partial charge on any atom is -0.465 e. The van der Waals surface area contributed by atoms with Crippen LogP contribution in [0.25, 0.3) is 0 Å². The zero-order chi connectivity index (χ0) is 13.0. The van der Waals surface area contributed by atoms with Gasteiger partial charge in [-0.1, -0.05) is 12.8 Å². The van der Waals surface area contributed by atoms with Crippen molar-refractivity contribution in [1.29, 1.82) is 0 Å². The van der Waals surface area contributed by atoms with Crippen molar-refractivity contribution >= 4 is 11.8 Å². The Hall–Kier alpha value is -1.58. The van der Waals surface area contributed by atoms with E-state index in [1.54, 1.807) is 0 Å². The standard InChI is InChI=1S/C14H20N2O2/c1-11-12(14(17)18-2)7-8-13(15-11)16-9-5-3-4-6-10-16/h7-8H,3-6,9-10H2,1-2H3. The molecule has 4 heteroatoms. The van der Waals surface area contributed by atoms with E-state index in [0.717, 1.165) is 24.6 Å². The van der Waals surface area contributed by atoms with E-state index >= 15 is 0 Å². The van der Waals surface area contributed by atoms with Crippen LogP contribution in [0.15, 0.2) is 12.1 Å². The molecular formula is C14H20N2O2. The molecule has 4 nitrogen and oxygen atoms in total. The number of aromatic nitrogens is 1. The summed E-state index contributed by atoms with van der Waals surface area (Å²) in [6.07, 6.45) is 5.05. The number of carbonyl (C=O) groups excluding carboxylic acids is 1. The maximum Gasteiger partial charge on any atom is 0.339 e. The maximum absolute atomic E-state index is 11.5. The number of hydrogen-bond acceptors (Lipinski definition) is 4. The highest BCUT2D eigenvalue weighted by Gasteiger charge is 2.15. The Kier molecular flexibility index (Phi) is 4.18. The average Bonchev–Trinajstić information content (AvgIpc) is 2.66. The molecule has 2 heterocycles. The summed E-state index contributed by atoms with van der Waals surface area (Å²) < 4.78 is 4.73. The zero-order valence-corrected chi connectivity index (χ0v) is 11.1. The molecular weight excluding hydrogens is 228 g/mol. The number of rotatable bonds is 2. The van der Waals surface area contributed by atoms with E-state index in [1.165, 1.54) is 32.8 Å². The van der Waals surface area contributed by atoms with Gasteiger partial charge in [0.05, 0.1) is 18.4 Å². The second-order valence-electron chi connectivity index (χ2n) is 4.70. The Morgan fingerprint density at radius 1 is 1.22 bits per heavy atom. The minimum absolute atomic E-state index is 0.317. The number of esters is 1. The second kappa shape index (κ2) is 5.85.